The molecule has 0 radical (unpaired) electrons. The number of hydrogen-bond acceptors (Lipinski definition) is 9. The number of likely N-dealkylation sites (tertiary alicyclic amines) is 2. The van der Waals surface area contributed by atoms with Gasteiger partial charge in [-0.1, -0.05) is 13.8 Å². The Labute approximate surface area is 254 Å². The van der Waals surface area contributed by atoms with E-state index in [1.54, 1.807) is 17.2 Å². The summed E-state index contributed by atoms with van der Waals surface area (Å²) in [6.45, 7) is 12.5. The van der Waals surface area contributed by atoms with Gasteiger partial charge in [0.1, 0.15) is 34.9 Å². The monoisotopic (exact) mass is 601 g/mol. The number of pyridine rings is 2. The molecule has 3 aromatic heterocycles. The summed E-state index contributed by atoms with van der Waals surface area (Å²) in [7, 11) is 0. The van der Waals surface area contributed by atoms with Crippen LogP contribution in [0.5, 0.6) is 5.75 Å². The van der Waals surface area contributed by atoms with E-state index in [0.717, 1.165) is 33.5 Å². The molecular weight excluding hydrogens is 566 g/mol. The Morgan fingerprint density at radius 3 is 2.60 bits per heavy atom. The molecule has 43 heavy (non-hydrogen) atoms. The summed E-state index contributed by atoms with van der Waals surface area (Å²) in [6, 6.07) is 7.59. The van der Waals surface area contributed by atoms with Crippen molar-refractivity contribution in [2.45, 2.75) is 72.6 Å². The standard InChI is InChI=1S/C32H35N5O5S/c1-17-12-18(14-33)35-25(26(17)41-19-8-7-11-36(15-19)30(40)42-31(2,3)4)21-9-10-34-22-13-20(43-27(21)22)16-37-28(38)23-24(29(37)39)32(23,5)6/h9-10,12-13,19,23-24H,7-8,11,15-16H2,1-6H3. The zero-order chi connectivity index (χ0) is 30.8. The third-order valence-corrected chi connectivity index (χ3v) is 9.65. The number of hydrogen-bond donors (Lipinski definition) is 0. The van der Waals surface area contributed by atoms with Crippen molar-refractivity contribution in [3.8, 4) is 23.1 Å². The molecule has 0 aromatic carbocycles. The molecule has 3 aromatic rings. The minimum absolute atomic E-state index is 0.103. The number of nitriles is 1. The molecule has 0 bridgehead atoms. The van der Waals surface area contributed by atoms with Crippen molar-refractivity contribution in [1.82, 2.24) is 19.8 Å². The third kappa shape index (κ3) is 5.22. The van der Waals surface area contributed by atoms with Crippen molar-refractivity contribution in [3.63, 3.8) is 0 Å². The van der Waals surface area contributed by atoms with E-state index in [0.29, 0.717) is 30.0 Å². The zero-order valence-corrected chi connectivity index (χ0v) is 26.1. The van der Waals surface area contributed by atoms with Gasteiger partial charge in [0.2, 0.25) is 11.8 Å². The van der Waals surface area contributed by atoms with Crippen LogP contribution in [0.2, 0.25) is 0 Å². The predicted molar refractivity (Wildman–Crippen MR) is 160 cm³/mol. The van der Waals surface area contributed by atoms with Crippen LogP contribution in [0.25, 0.3) is 21.5 Å². The minimum atomic E-state index is -0.593. The Kier molecular flexibility index (Phi) is 6.96. The fourth-order valence-electron chi connectivity index (χ4n) is 6.31. The highest BCUT2D eigenvalue weighted by Gasteiger charge is 2.72. The number of imide groups is 1. The van der Waals surface area contributed by atoms with Gasteiger partial charge in [0, 0.05) is 23.2 Å². The zero-order valence-electron chi connectivity index (χ0n) is 25.3. The molecule has 10 nitrogen and oxygen atoms in total. The molecule has 3 fully saturated rings. The van der Waals surface area contributed by atoms with Gasteiger partial charge >= 0.3 is 6.09 Å². The lowest BCUT2D eigenvalue weighted by atomic mass is 10.1. The molecule has 3 amide bonds. The quantitative estimate of drug-likeness (QED) is 0.353. The van der Waals surface area contributed by atoms with Crippen LogP contribution in [-0.2, 0) is 20.9 Å². The van der Waals surface area contributed by atoms with Gasteiger partial charge in [-0.05, 0) is 69.7 Å². The molecule has 2 aliphatic heterocycles. The van der Waals surface area contributed by atoms with Gasteiger partial charge in [-0.2, -0.15) is 5.26 Å². The predicted octanol–water partition coefficient (Wildman–Crippen LogP) is 5.46. The van der Waals surface area contributed by atoms with Gasteiger partial charge in [0.05, 0.1) is 35.1 Å². The van der Waals surface area contributed by atoms with E-state index in [9.17, 15) is 19.6 Å². The second-order valence-electron chi connectivity index (χ2n) is 13.2. The van der Waals surface area contributed by atoms with Gasteiger partial charge in [0.25, 0.3) is 0 Å². The fraction of sp³-hybridized carbons (Fsp3) is 0.500. The maximum absolute atomic E-state index is 13.0. The number of rotatable bonds is 5. The van der Waals surface area contributed by atoms with Gasteiger partial charge in [0.15, 0.2) is 0 Å². The van der Waals surface area contributed by atoms with Crippen molar-refractivity contribution >= 4 is 39.5 Å². The number of aryl methyl sites for hydroxylation is 1. The second-order valence-corrected chi connectivity index (χ2v) is 14.4. The third-order valence-electron chi connectivity index (χ3n) is 8.51. The lowest BCUT2D eigenvalue weighted by Gasteiger charge is -2.34. The summed E-state index contributed by atoms with van der Waals surface area (Å²) in [4.78, 5) is 51.8. The number of ether oxygens (including phenoxy) is 2. The lowest BCUT2D eigenvalue weighted by Crippen LogP contribution is -2.46. The Balaban J connectivity index is 1.30. The van der Waals surface area contributed by atoms with Crippen LogP contribution in [0, 0.1) is 35.5 Å². The molecule has 3 aliphatic rings. The number of fused-ring (bicyclic) bond motifs is 2. The van der Waals surface area contributed by atoms with Gasteiger partial charge < -0.3 is 14.4 Å². The van der Waals surface area contributed by atoms with Crippen LogP contribution >= 0.6 is 11.3 Å². The van der Waals surface area contributed by atoms with E-state index in [1.807, 2.05) is 53.7 Å². The van der Waals surface area contributed by atoms with Crippen LogP contribution in [0.4, 0.5) is 4.79 Å². The molecule has 6 rings (SSSR count). The summed E-state index contributed by atoms with van der Waals surface area (Å²) in [5, 5.41) is 9.73. The van der Waals surface area contributed by atoms with Gasteiger partial charge in [-0.15, -0.1) is 11.3 Å². The SMILES string of the molecule is Cc1cc(C#N)nc(-c2ccnc3cc(CN4C(=O)C5C(C4=O)C5(C)C)sc23)c1OC1CCCN(C(=O)OC(C)(C)C)C1. The first-order valence-corrected chi connectivity index (χ1v) is 15.4. The highest BCUT2D eigenvalue weighted by atomic mass is 32.1. The van der Waals surface area contributed by atoms with Crippen LogP contribution in [0.1, 0.15) is 63.6 Å². The van der Waals surface area contributed by atoms with Crippen LogP contribution < -0.4 is 4.74 Å². The van der Waals surface area contributed by atoms with E-state index in [1.165, 1.54) is 16.2 Å². The summed E-state index contributed by atoms with van der Waals surface area (Å²) < 4.78 is 13.0. The number of thiophene rings is 1. The summed E-state index contributed by atoms with van der Waals surface area (Å²) >= 11 is 1.45. The minimum Gasteiger partial charge on any atom is -0.486 e. The highest BCUT2D eigenvalue weighted by molar-refractivity contribution is 7.19. The average molecular weight is 602 g/mol. The molecule has 1 aliphatic carbocycles. The number of carbonyl (C=O) groups excluding carboxylic acids is 3. The molecule has 224 valence electrons. The van der Waals surface area contributed by atoms with Gasteiger partial charge in [-0.25, -0.2) is 9.78 Å². The van der Waals surface area contributed by atoms with E-state index in [4.69, 9.17) is 9.47 Å². The molecule has 1 saturated carbocycles. The molecule has 5 heterocycles. The Hall–Kier alpha value is -4.04. The van der Waals surface area contributed by atoms with Crippen molar-refractivity contribution in [2.24, 2.45) is 17.3 Å². The molecule has 0 spiro atoms. The lowest BCUT2D eigenvalue weighted by molar-refractivity contribution is -0.143. The maximum atomic E-state index is 13.0. The van der Waals surface area contributed by atoms with Gasteiger partial charge in [-0.3, -0.25) is 19.5 Å². The highest BCUT2D eigenvalue weighted by Crippen LogP contribution is 2.63. The van der Waals surface area contributed by atoms with E-state index >= 15 is 0 Å². The molecular formula is C32H35N5O5S. The summed E-state index contributed by atoms with van der Waals surface area (Å²) in [6.07, 6.45) is 2.55. The first kappa shape index (κ1) is 29.1. The number of nitrogens with zero attached hydrogens (tertiary/aromatic N) is 5. The largest absolute Gasteiger partial charge is 0.486 e. The number of aromatic nitrogens is 2. The molecule has 3 atom stereocenters. The maximum Gasteiger partial charge on any atom is 0.410 e. The molecule has 11 heteroatoms. The summed E-state index contributed by atoms with van der Waals surface area (Å²) in [5.41, 5.74) is 2.15. The topological polar surface area (TPSA) is 126 Å². The first-order valence-electron chi connectivity index (χ1n) is 14.6. The van der Waals surface area contributed by atoms with Crippen LogP contribution in [0.3, 0.4) is 0 Å². The summed E-state index contributed by atoms with van der Waals surface area (Å²) in [5.74, 6) is -0.115. The second kappa shape index (κ2) is 10.3. The Morgan fingerprint density at radius 1 is 1.21 bits per heavy atom. The average Bonchev–Trinajstić information content (AvgIpc) is 3.18. The number of carbonyl (C=O) groups is 3. The molecule has 0 N–H and O–H groups in total. The number of amides is 3. The van der Waals surface area contributed by atoms with Crippen molar-refractivity contribution in [3.05, 3.63) is 40.5 Å². The van der Waals surface area contributed by atoms with E-state index < -0.39 is 5.60 Å². The fourth-order valence-corrected chi connectivity index (χ4v) is 7.43. The van der Waals surface area contributed by atoms with E-state index in [-0.39, 0.29) is 53.5 Å². The Bertz CT molecular complexity index is 1680. The normalized spacial score (nSPS) is 22.9. The molecule has 2 saturated heterocycles. The van der Waals surface area contributed by atoms with Crippen molar-refractivity contribution < 1.29 is 23.9 Å². The Morgan fingerprint density at radius 2 is 1.93 bits per heavy atom. The van der Waals surface area contributed by atoms with E-state index in [2.05, 4.69) is 16.0 Å². The van der Waals surface area contributed by atoms with Crippen LogP contribution in [0.15, 0.2) is 24.4 Å². The van der Waals surface area contributed by atoms with Crippen LogP contribution in [-0.4, -0.2) is 62.5 Å². The van der Waals surface area contributed by atoms with Crippen molar-refractivity contribution in [2.75, 3.05) is 13.1 Å². The molecule has 3 unspecified atom stereocenters. The number of piperidine rings is 2. The van der Waals surface area contributed by atoms with Crippen molar-refractivity contribution in [1.29, 1.82) is 5.26 Å². The smallest absolute Gasteiger partial charge is 0.410 e. The first-order chi connectivity index (χ1) is 20.3.